The number of benzene rings is 1. The molecule has 1 aliphatic carbocycles. The van der Waals surface area contributed by atoms with Crippen LogP contribution in [0.25, 0.3) is 0 Å². The largest absolute Gasteiger partial charge is 0.481 e. The first-order chi connectivity index (χ1) is 11.9. The Labute approximate surface area is 147 Å². The fraction of sp³-hybridized carbons (Fsp3) is 0.529. The highest BCUT2D eigenvalue weighted by atomic mass is 32.2. The van der Waals surface area contributed by atoms with E-state index in [2.05, 4.69) is 0 Å². The molecule has 3 rings (SSSR count). The molecule has 1 amide bonds. The Morgan fingerprint density at radius 1 is 1.00 bits per heavy atom. The van der Waals surface area contributed by atoms with Gasteiger partial charge < -0.3 is 10.0 Å². The molecule has 8 heteroatoms. The third kappa shape index (κ3) is 3.85. The van der Waals surface area contributed by atoms with Crippen molar-refractivity contribution in [1.29, 1.82) is 0 Å². The van der Waals surface area contributed by atoms with Crippen molar-refractivity contribution in [2.45, 2.75) is 18.6 Å². The second kappa shape index (κ2) is 7.13. The lowest BCUT2D eigenvalue weighted by Gasteiger charge is -2.40. The average Bonchev–Trinajstić information content (AvgIpc) is 2.54. The summed E-state index contributed by atoms with van der Waals surface area (Å²) in [6.45, 7) is 1.14. The quantitative estimate of drug-likeness (QED) is 0.831. The number of piperazine rings is 1. The molecule has 136 valence electrons. The number of aliphatic carboxylic acids is 1. The first-order valence-electron chi connectivity index (χ1n) is 8.42. The molecule has 0 aromatic heterocycles. The zero-order chi connectivity index (χ0) is 18.0. The van der Waals surface area contributed by atoms with Crippen LogP contribution in [0.2, 0.25) is 0 Å². The number of sulfonamides is 1. The number of carbonyl (C=O) groups is 2. The summed E-state index contributed by atoms with van der Waals surface area (Å²) < 4.78 is 26.5. The van der Waals surface area contributed by atoms with Gasteiger partial charge in [-0.05, 0) is 18.4 Å². The van der Waals surface area contributed by atoms with Crippen LogP contribution in [0.15, 0.2) is 30.3 Å². The number of rotatable bonds is 5. The predicted molar refractivity (Wildman–Crippen MR) is 91.1 cm³/mol. The van der Waals surface area contributed by atoms with E-state index in [9.17, 15) is 18.0 Å². The summed E-state index contributed by atoms with van der Waals surface area (Å²) in [4.78, 5) is 25.1. The van der Waals surface area contributed by atoms with E-state index in [0.29, 0.717) is 25.9 Å². The molecule has 1 aliphatic heterocycles. The molecule has 1 aromatic carbocycles. The number of carboxylic acids is 1. The lowest BCUT2D eigenvalue weighted by molar-refractivity contribution is -0.157. The van der Waals surface area contributed by atoms with Crippen LogP contribution in [0.1, 0.15) is 18.4 Å². The van der Waals surface area contributed by atoms with Crippen LogP contribution in [-0.2, 0) is 25.4 Å². The Kier molecular flexibility index (Phi) is 5.10. The third-order valence-corrected chi connectivity index (χ3v) is 6.89. The average molecular weight is 366 g/mol. The van der Waals surface area contributed by atoms with Gasteiger partial charge in [0.05, 0.1) is 17.6 Å². The molecule has 2 atom stereocenters. The molecular weight excluding hydrogens is 344 g/mol. The van der Waals surface area contributed by atoms with Crippen molar-refractivity contribution in [1.82, 2.24) is 9.21 Å². The molecule has 7 nitrogen and oxygen atoms in total. The van der Waals surface area contributed by atoms with E-state index >= 15 is 0 Å². The standard InChI is InChI=1S/C17H22N2O5S/c20-16(14-6-7-15(14)17(21)22)18-8-10-19(11-9-18)25(23,24)12-13-4-2-1-3-5-13/h1-5,14-15H,6-12H2,(H,21,22). The van der Waals surface area contributed by atoms with E-state index in [1.807, 2.05) is 6.07 Å². The first kappa shape index (κ1) is 17.9. The molecule has 0 bridgehead atoms. The SMILES string of the molecule is O=C(O)C1CCC1C(=O)N1CCN(S(=O)(=O)Cc2ccccc2)CC1. The lowest BCUT2D eigenvalue weighted by Crippen LogP contribution is -2.54. The molecule has 2 unspecified atom stereocenters. The van der Waals surface area contributed by atoms with Crippen LogP contribution in [0, 0.1) is 11.8 Å². The van der Waals surface area contributed by atoms with Gasteiger partial charge in [0.15, 0.2) is 0 Å². The van der Waals surface area contributed by atoms with Gasteiger partial charge in [-0.1, -0.05) is 30.3 Å². The summed E-state index contributed by atoms with van der Waals surface area (Å²) in [5.41, 5.74) is 0.736. The van der Waals surface area contributed by atoms with E-state index in [1.54, 1.807) is 29.2 Å². The van der Waals surface area contributed by atoms with Crippen LogP contribution in [0.4, 0.5) is 0 Å². The highest BCUT2D eigenvalue weighted by Crippen LogP contribution is 2.36. The molecule has 2 fully saturated rings. The summed E-state index contributed by atoms with van der Waals surface area (Å²) in [7, 11) is -3.42. The number of amides is 1. The fourth-order valence-corrected chi connectivity index (χ4v) is 4.90. The minimum absolute atomic E-state index is 0.0501. The highest BCUT2D eigenvalue weighted by Gasteiger charge is 2.44. The van der Waals surface area contributed by atoms with E-state index in [1.165, 1.54) is 4.31 Å². The predicted octanol–water partition coefficient (Wildman–Crippen LogP) is 0.771. The van der Waals surface area contributed by atoms with Crippen molar-refractivity contribution in [3.05, 3.63) is 35.9 Å². The van der Waals surface area contributed by atoms with Crippen molar-refractivity contribution in [3.63, 3.8) is 0 Å². The van der Waals surface area contributed by atoms with Gasteiger partial charge in [-0.3, -0.25) is 9.59 Å². The minimum Gasteiger partial charge on any atom is -0.481 e. The second-order valence-corrected chi connectivity index (χ2v) is 8.56. The Morgan fingerprint density at radius 3 is 2.12 bits per heavy atom. The number of carbonyl (C=O) groups excluding carboxylic acids is 1. The maximum Gasteiger partial charge on any atom is 0.307 e. The van der Waals surface area contributed by atoms with E-state index in [0.717, 1.165) is 5.56 Å². The smallest absolute Gasteiger partial charge is 0.307 e. The Bertz CT molecular complexity index is 742. The normalized spacial score (nSPS) is 24.6. The van der Waals surface area contributed by atoms with Crippen molar-refractivity contribution >= 4 is 21.9 Å². The molecule has 2 aliphatic rings. The minimum atomic E-state index is -3.42. The van der Waals surface area contributed by atoms with Crippen LogP contribution in [0.3, 0.4) is 0 Å². The van der Waals surface area contributed by atoms with Gasteiger partial charge in [-0.15, -0.1) is 0 Å². The molecular formula is C17H22N2O5S. The Balaban J connectivity index is 1.56. The topological polar surface area (TPSA) is 95.0 Å². The van der Waals surface area contributed by atoms with E-state index < -0.39 is 27.8 Å². The summed E-state index contributed by atoms with van der Waals surface area (Å²) >= 11 is 0. The van der Waals surface area contributed by atoms with Gasteiger partial charge in [0.25, 0.3) is 0 Å². The molecule has 1 aromatic rings. The summed E-state index contributed by atoms with van der Waals surface area (Å²) in [6.07, 6.45) is 1.14. The third-order valence-electron chi connectivity index (χ3n) is 5.04. The van der Waals surface area contributed by atoms with Crippen molar-refractivity contribution < 1.29 is 23.1 Å². The summed E-state index contributed by atoms with van der Waals surface area (Å²) in [5.74, 6) is -2.17. The number of carboxylic acid groups (broad SMARTS) is 1. The molecule has 1 heterocycles. The number of nitrogens with zero attached hydrogens (tertiary/aromatic N) is 2. The maximum absolute atomic E-state index is 12.5. The van der Waals surface area contributed by atoms with Gasteiger partial charge in [0.1, 0.15) is 0 Å². The molecule has 1 saturated carbocycles. The van der Waals surface area contributed by atoms with Crippen molar-refractivity contribution in [2.24, 2.45) is 11.8 Å². The molecule has 0 spiro atoms. The van der Waals surface area contributed by atoms with E-state index in [-0.39, 0.29) is 24.7 Å². The Morgan fingerprint density at radius 2 is 1.60 bits per heavy atom. The lowest BCUT2D eigenvalue weighted by atomic mass is 9.73. The summed E-state index contributed by atoms with van der Waals surface area (Å²) in [6, 6.07) is 9.00. The van der Waals surface area contributed by atoms with E-state index in [4.69, 9.17) is 5.11 Å². The first-order valence-corrected chi connectivity index (χ1v) is 10.0. The molecule has 0 radical (unpaired) electrons. The highest BCUT2D eigenvalue weighted by molar-refractivity contribution is 7.88. The second-order valence-electron chi connectivity index (χ2n) is 6.59. The van der Waals surface area contributed by atoms with Gasteiger partial charge in [0.2, 0.25) is 15.9 Å². The monoisotopic (exact) mass is 366 g/mol. The Hall–Kier alpha value is -1.93. The van der Waals surface area contributed by atoms with Crippen LogP contribution in [-0.4, -0.2) is 60.8 Å². The van der Waals surface area contributed by atoms with Crippen LogP contribution in [0.5, 0.6) is 0 Å². The van der Waals surface area contributed by atoms with Gasteiger partial charge >= 0.3 is 5.97 Å². The molecule has 25 heavy (non-hydrogen) atoms. The van der Waals surface area contributed by atoms with Crippen molar-refractivity contribution in [2.75, 3.05) is 26.2 Å². The van der Waals surface area contributed by atoms with Crippen LogP contribution < -0.4 is 0 Å². The summed E-state index contributed by atoms with van der Waals surface area (Å²) in [5, 5.41) is 9.08. The van der Waals surface area contributed by atoms with Gasteiger partial charge in [-0.2, -0.15) is 4.31 Å². The zero-order valence-electron chi connectivity index (χ0n) is 13.9. The van der Waals surface area contributed by atoms with Gasteiger partial charge in [-0.25, -0.2) is 8.42 Å². The zero-order valence-corrected chi connectivity index (χ0v) is 14.7. The fourth-order valence-electron chi connectivity index (χ4n) is 3.39. The number of hydrogen-bond acceptors (Lipinski definition) is 4. The van der Waals surface area contributed by atoms with Gasteiger partial charge in [0, 0.05) is 26.2 Å². The number of hydrogen-bond donors (Lipinski definition) is 1. The molecule has 1 saturated heterocycles. The van der Waals surface area contributed by atoms with Crippen LogP contribution >= 0.6 is 0 Å². The molecule has 1 N–H and O–H groups in total. The maximum atomic E-state index is 12.5. The van der Waals surface area contributed by atoms with Crippen molar-refractivity contribution in [3.8, 4) is 0 Å².